The van der Waals surface area contributed by atoms with Crippen LogP contribution in [-0.2, 0) is 0 Å². The summed E-state index contributed by atoms with van der Waals surface area (Å²) in [7, 11) is 0. The molecule has 128 valence electrons. The highest BCUT2D eigenvalue weighted by molar-refractivity contribution is 4.90. The molecule has 0 aromatic rings. The SMILES string of the molecule is NCCCC(C(N)N)C(CCCN)(CCCN)CCCN. The summed E-state index contributed by atoms with van der Waals surface area (Å²) >= 11 is 0. The quantitative estimate of drug-likeness (QED) is 0.244. The van der Waals surface area contributed by atoms with Crippen molar-refractivity contribution in [2.24, 2.45) is 45.7 Å². The van der Waals surface area contributed by atoms with Crippen molar-refractivity contribution in [3.8, 4) is 0 Å². The molecule has 1 atom stereocenters. The zero-order chi connectivity index (χ0) is 16.1. The first kappa shape index (κ1) is 20.8. The van der Waals surface area contributed by atoms with Crippen LogP contribution in [0.15, 0.2) is 0 Å². The minimum Gasteiger partial charge on any atom is -0.330 e. The molecule has 0 aliphatic heterocycles. The Morgan fingerprint density at radius 3 is 1.29 bits per heavy atom. The Morgan fingerprint density at radius 1 is 0.619 bits per heavy atom. The van der Waals surface area contributed by atoms with E-state index in [4.69, 9.17) is 34.4 Å². The van der Waals surface area contributed by atoms with Crippen LogP contribution in [0.1, 0.15) is 51.4 Å². The molecule has 0 spiro atoms. The van der Waals surface area contributed by atoms with E-state index in [0.717, 1.165) is 51.4 Å². The molecule has 0 fully saturated rings. The molecule has 0 amide bonds. The number of rotatable bonds is 14. The van der Waals surface area contributed by atoms with Crippen molar-refractivity contribution in [3.05, 3.63) is 0 Å². The zero-order valence-corrected chi connectivity index (χ0v) is 13.6. The fourth-order valence-corrected chi connectivity index (χ4v) is 3.54. The lowest BCUT2D eigenvalue weighted by atomic mass is 9.64. The summed E-state index contributed by atoms with van der Waals surface area (Å²) in [6.07, 6.45) is 7.68. The topological polar surface area (TPSA) is 156 Å². The van der Waals surface area contributed by atoms with Crippen molar-refractivity contribution in [2.75, 3.05) is 26.2 Å². The molecule has 0 saturated heterocycles. The van der Waals surface area contributed by atoms with Crippen LogP contribution in [0.2, 0.25) is 0 Å². The maximum absolute atomic E-state index is 6.12. The average molecular weight is 303 g/mol. The maximum atomic E-state index is 6.12. The highest BCUT2D eigenvalue weighted by Crippen LogP contribution is 2.44. The van der Waals surface area contributed by atoms with Crippen LogP contribution in [0.5, 0.6) is 0 Å². The minimum absolute atomic E-state index is 0.0987. The van der Waals surface area contributed by atoms with Gasteiger partial charge in [0.25, 0.3) is 0 Å². The molecule has 0 heterocycles. The largest absolute Gasteiger partial charge is 0.330 e. The van der Waals surface area contributed by atoms with E-state index in [1.54, 1.807) is 0 Å². The Morgan fingerprint density at radius 2 is 1.00 bits per heavy atom. The van der Waals surface area contributed by atoms with Crippen LogP contribution in [0.3, 0.4) is 0 Å². The molecule has 12 N–H and O–H groups in total. The summed E-state index contributed by atoms with van der Waals surface area (Å²) in [4.78, 5) is 0. The fourth-order valence-electron chi connectivity index (χ4n) is 3.54. The normalized spacial score (nSPS) is 13.9. The summed E-state index contributed by atoms with van der Waals surface area (Å²) in [5.74, 6) is 0.255. The molecule has 0 radical (unpaired) electrons. The van der Waals surface area contributed by atoms with Crippen LogP contribution < -0.4 is 34.4 Å². The smallest absolute Gasteiger partial charge is 0.0555 e. The number of hydrogen-bond acceptors (Lipinski definition) is 6. The molecule has 0 aromatic heterocycles. The molecule has 6 nitrogen and oxygen atoms in total. The van der Waals surface area contributed by atoms with E-state index in [0.29, 0.717) is 26.2 Å². The van der Waals surface area contributed by atoms with Gasteiger partial charge in [0.2, 0.25) is 0 Å². The lowest BCUT2D eigenvalue weighted by Crippen LogP contribution is -2.48. The predicted molar refractivity (Wildman–Crippen MR) is 91.2 cm³/mol. The van der Waals surface area contributed by atoms with Crippen molar-refractivity contribution in [2.45, 2.75) is 57.5 Å². The van der Waals surface area contributed by atoms with Crippen molar-refractivity contribution < 1.29 is 0 Å². The highest BCUT2D eigenvalue weighted by Gasteiger charge is 2.38. The molecule has 0 bridgehead atoms. The first-order chi connectivity index (χ1) is 10.1. The molecule has 0 aromatic carbocycles. The van der Waals surface area contributed by atoms with E-state index in [2.05, 4.69) is 0 Å². The second kappa shape index (κ2) is 12.3. The molecule has 6 heteroatoms. The monoisotopic (exact) mass is 302 g/mol. The highest BCUT2D eigenvalue weighted by atomic mass is 14.9. The lowest BCUT2D eigenvalue weighted by molar-refractivity contribution is 0.0783. The Balaban J connectivity index is 5.18. The van der Waals surface area contributed by atoms with Crippen molar-refractivity contribution in [1.29, 1.82) is 0 Å². The molecule has 0 saturated carbocycles. The summed E-state index contributed by atoms with van der Waals surface area (Å²) in [6.45, 7) is 2.74. The van der Waals surface area contributed by atoms with Crippen LogP contribution in [0.4, 0.5) is 0 Å². The van der Waals surface area contributed by atoms with Gasteiger partial charge in [-0.1, -0.05) is 0 Å². The summed E-state index contributed by atoms with van der Waals surface area (Å²) in [6, 6.07) is 0. The second-order valence-electron chi connectivity index (χ2n) is 6.15. The summed E-state index contributed by atoms with van der Waals surface area (Å²) in [5, 5.41) is 0. The molecule has 0 aliphatic rings. The van der Waals surface area contributed by atoms with Gasteiger partial charge < -0.3 is 34.4 Å². The lowest BCUT2D eigenvalue weighted by Gasteiger charge is -2.44. The molecular weight excluding hydrogens is 264 g/mol. The van der Waals surface area contributed by atoms with Crippen LogP contribution in [0, 0.1) is 11.3 Å². The van der Waals surface area contributed by atoms with Gasteiger partial charge in [-0.15, -0.1) is 0 Å². The molecule has 21 heavy (non-hydrogen) atoms. The van der Waals surface area contributed by atoms with Crippen LogP contribution >= 0.6 is 0 Å². The average Bonchev–Trinajstić information content (AvgIpc) is 2.48. The van der Waals surface area contributed by atoms with Gasteiger partial charge in [-0.3, -0.25) is 0 Å². The van der Waals surface area contributed by atoms with Gasteiger partial charge in [-0.05, 0) is 88.9 Å². The van der Waals surface area contributed by atoms with Gasteiger partial charge in [0.05, 0.1) is 6.17 Å². The second-order valence-corrected chi connectivity index (χ2v) is 6.15. The van der Waals surface area contributed by atoms with E-state index >= 15 is 0 Å². The minimum atomic E-state index is -0.329. The van der Waals surface area contributed by atoms with E-state index in [1.165, 1.54) is 0 Å². The summed E-state index contributed by atoms with van der Waals surface area (Å²) in [5.41, 5.74) is 35.2. The van der Waals surface area contributed by atoms with Gasteiger partial charge in [0.1, 0.15) is 0 Å². The molecule has 1 unspecified atom stereocenters. The van der Waals surface area contributed by atoms with Gasteiger partial charge in [-0.25, -0.2) is 0 Å². The standard InChI is InChI=1S/C15H38N6/c16-9-1-5-13(14(20)21)15(6-2-10-17,7-3-11-18)8-4-12-19/h13-14H,1-12,16-21H2. The third-order valence-corrected chi connectivity index (χ3v) is 4.61. The third-order valence-electron chi connectivity index (χ3n) is 4.61. The predicted octanol–water partition coefficient (Wildman–Crippen LogP) is -0.212. The van der Waals surface area contributed by atoms with Gasteiger partial charge in [0.15, 0.2) is 0 Å². The van der Waals surface area contributed by atoms with Gasteiger partial charge >= 0.3 is 0 Å². The first-order valence-corrected chi connectivity index (χ1v) is 8.39. The first-order valence-electron chi connectivity index (χ1n) is 8.39. The van der Waals surface area contributed by atoms with Crippen LogP contribution in [-0.4, -0.2) is 32.3 Å². The Kier molecular flexibility index (Phi) is 12.2. The Hall–Kier alpha value is -0.240. The fraction of sp³-hybridized carbons (Fsp3) is 1.00. The van der Waals surface area contributed by atoms with E-state index in [-0.39, 0.29) is 17.5 Å². The van der Waals surface area contributed by atoms with E-state index in [9.17, 15) is 0 Å². The Labute approximate surface area is 130 Å². The van der Waals surface area contributed by atoms with Crippen LogP contribution in [0.25, 0.3) is 0 Å². The van der Waals surface area contributed by atoms with Crippen molar-refractivity contribution >= 4 is 0 Å². The van der Waals surface area contributed by atoms with E-state index in [1.807, 2.05) is 0 Å². The molecule has 0 aliphatic carbocycles. The van der Waals surface area contributed by atoms with Crippen molar-refractivity contribution in [3.63, 3.8) is 0 Å². The third kappa shape index (κ3) is 7.54. The number of hydrogen-bond donors (Lipinski definition) is 6. The molecular formula is C15H38N6. The van der Waals surface area contributed by atoms with Gasteiger partial charge in [-0.2, -0.15) is 0 Å². The maximum Gasteiger partial charge on any atom is 0.0555 e. The summed E-state index contributed by atoms with van der Waals surface area (Å²) < 4.78 is 0. The van der Waals surface area contributed by atoms with Crippen molar-refractivity contribution in [1.82, 2.24) is 0 Å². The van der Waals surface area contributed by atoms with E-state index < -0.39 is 0 Å². The number of nitrogens with two attached hydrogens (primary N) is 6. The zero-order valence-electron chi connectivity index (χ0n) is 13.6. The Bertz CT molecular complexity index is 212. The molecule has 0 rings (SSSR count). The van der Waals surface area contributed by atoms with Gasteiger partial charge in [0, 0.05) is 0 Å².